The van der Waals surface area contributed by atoms with E-state index in [-0.39, 0.29) is 18.3 Å². The number of rotatable bonds is 6. The standard InChI is InChI=1S/C17H19FN2O3/c1-17(2,23-14-8-6-13(18)7-9-14)16(21)20-11-12-5-4-10-19-15(12)22-3/h4-10H,11H2,1-3H3,(H,20,21). The van der Waals surface area contributed by atoms with Crippen molar-refractivity contribution in [1.82, 2.24) is 10.3 Å². The van der Waals surface area contributed by atoms with Crippen LogP contribution in [0.1, 0.15) is 19.4 Å². The number of benzene rings is 1. The summed E-state index contributed by atoms with van der Waals surface area (Å²) in [6.45, 7) is 3.56. The van der Waals surface area contributed by atoms with Gasteiger partial charge >= 0.3 is 0 Å². The topological polar surface area (TPSA) is 60.5 Å². The smallest absolute Gasteiger partial charge is 0.263 e. The molecule has 0 fully saturated rings. The zero-order valence-electron chi connectivity index (χ0n) is 13.3. The summed E-state index contributed by atoms with van der Waals surface area (Å²) in [7, 11) is 1.52. The van der Waals surface area contributed by atoms with Crippen LogP contribution in [0.2, 0.25) is 0 Å². The summed E-state index contributed by atoms with van der Waals surface area (Å²) in [6.07, 6.45) is 1.62. The molecule has 5 nitrogen and oxygen atoms in total. The first-order valence-electron chi connectivity index (χ1n) is 7.13. The number of carbonyl (C=O) groups is 1. The van der Waals surface area contributed by atoms with Gasteiger partial charge in [0.1, 0.15) is 11.6 Å². The van der Waals surface area contributed by atoms with Crippen molar-refractivity contribution in [3.63, 3.8) is 0 Å². The van der Waals surface area contributed by atoms with Crippen molar-refractivity contribution in [3.8, 4) is 11.6 Å². The maximum Gasteiger partial charge on any atom is 0.263 e. The molecule has 0 aliphatic heterocycles. The molecule has 0 aliphatic carbocycles. The van der Waals surface area contributed by atoms with Gasteiger partial charge in [0.2, 0.25) is 5.88 Å². The van der Waals surface area contributed by atoms with Crippen molar-refractivity contribution in [2.75, 3.05) is 7.11 Å². The molecule has 0 atom stereocenters. The third-order valence-corrected chi connectivity index (χ3v) is 3.22. The summed E-state index contributed by atoms with van der Waals surface area (Å²) in [4.78, 5) is 16.4. The van der Waals surface area contributed by atoms with Gasteiger partial charge in [-0.2, -0.15) is 0 Å². The van der Waals surface area contributed by atoms with E-state index in [1.807, 2.05) is 6.07 Å². The summed E-state index contributed by atoms with van der Waals surface area (Å²) in [6, 6.07) is 9.11. The SMILES string of the molecule is COc1ncccc1CNC(=O)C(C)(C)Oc1ccc(F)cc1. The Hall–Kier alpha value is -2.63. The zero-order chi connectivity index (χ0) is 16.9. The van der Waals surface area contributed by atoms with Crippen LogP contribution in [0.25, 0.3) is 0 Å². The Morgan fingerprint density at radius 3 is 2.61 bits per heavy atom. The number of hydrogen-bond donors (Lipinski definition) is 1. The highest BCUT2D eigenvalue weighted by molar-refractivity contribution is 5.84. The molecule has 0 unspecified atom stereocenters. The average molecular weight is 318 g/mol. The highest BCUT2D eigenvalue weighted by Crippen LogP contribution is 2.19. The van der Waals surface area contributed by atoms with E-state index in [4.69, 9.17) is 9.47 Å². The molecule has 23 heavy (non-hydrogen) atoms. The molecule has 6 heteroatoms. The number of nitrogens with zero attached hydrogens (tertiary/aromatic N) is 1. The van der Waals surface area contributed by atoms with Gasteiger partial charge in [0, 0.05) is 18.3 Å². The molecule has 1 N–H and O–H groups in total. The van der Waals surface area contributed by atoms with Crippen LogP contribution in [-0.2, 0) is 11.3 Å². The van der Waals surface area contributed by atoms with Crippen molar-refractivity contribution in [3.05, 3.63) is 54.0 Å². The number of aromatic nitrogens is 1. The number of carbonyl (C=O) groups excluding carboxylic acids is 1. The average Bonchev–Trinajstić information content (AvgIpc) is 2.54. The molecule has 1 heterocycles. The van der Waals surface area contributed by atoms with Gasteiger partial charge in [-0.05, 0) is 44.2 Å². The molecule has 0 radical (unpaired) electrons. The lowest BCUT2D eigenvalue weighted by Crippen LogP contribution is -2.46. The minimum absolute atomic E-state index is 0.270. The number of methoxy groups -OCH3 is 1. The fraction of sp³-hybridized carbons (Fsp3) is 0.294. The Morgan fingerprint density at radius 2 is 1.96 bits per heavy atom. The van der Waals surface area contributed by atoms with E-state index in [1.54, 1.807) is 26.1 Å². The highest BCUT2D eigenvalue weighted by atomic mass is 19.1. The van der Waals surface area contributed by atoms with E-state index in [0.717, 1.165) is 5.56 Å². The molecular weight excluding hydrogens is 299 g/mol. The lowest BCUT2D eigenvalue weighted by Gasteiger charge is -2.25. The van der Waals surface area contributed by atoms with E-state index in [2.05, 4.69) is 10.3 Å². The Balaban J connectivity index is 1.99. The van der Waals surface area contributed by atoms with Crippen LogP contribution in [0, 0.1) is 5.82 Å². The Morgan fingerprint density at radius 1 is 1.26 bits per heavy atom. The molecule has 0 spiro atoms. The number of pyridine rings is 1. The first-order valence-corrected chi connectivity index (χ1v) is 7.13. The van der Waals surface area contributed by atoms with Gasteiger partial charge in [0.25, 0.3) is 5.91 Å². The molecule has 2 rings (SSSR count). The summed E-state index contributed by atoms with van der Waals surface area (Å²) in [5.41, 5.74) is -0.339. The van der Waals surface area contributed by atoms with Gasteiger partial charge in [-0.15, -0.1) is 0 Å². The van der Waals surface area contributed by atoms with Gasteiger partial charge in [-0.1, -0.05) is 6.07 Å². The first kappa shape index (κ1) is 16.7. The third kappa shape index (κ3) is 4.42. The molecular formula is C17H19FN2O3. The van der Waals surface area contributed by atoms with E-state index < -0.39 is 5.60 Å². The predicted molar refractivity (Wildman–Crippen MR) is 83.7 cm³/mol. The Labute approximate surface area is 134 Å². The van der Waals surface area contributed by atoms with Crippen LogP contribution >= 0.6 is 0 Å². The van der Waals surface area contributed by atoms with E-state index in [0.29, 0.717) is 11.6 Å². The molecule has 1 aromatic carbocycles. The van der Waals surface area contributed by atoms with Crippen LogP contribution in [0.5, 0.6) is 11.6 Å². The molecule has 2 aromatic rings. The minimum atomic E-state index is -1.10. The van der Waals surface area contributed by atoms with Crippen molar-refractivity contribution < 1.29 is 18.7 Å². The van der Waals surface area contributed by atoms with E-state index in [9.17, 15) is 9.18 Å². The predicted octanol–water partition coefficient (Wildman–Crippen LogP) is 2.70. The van der Waals surface area contributed by atoms with Gasteiger partial charge in [-0.25, -0.2) is 9.37 Å². The zero-order valence-corrected chi connectivity index (χ0v) is 13.3. The quantitative estimate of drug-likeness (QED) is 0.889. The number of amides is 1. The molecule has 122 valence electrons. The molecule has 0 bridgehead atoms. The normalized spacial score (nSPS) is 11.0. The van der Waals surface area contributed by atoms with Gasteiger partial charge in [0.05, 0.1) is 7.11 Å². The third-order valence-electron chi connectivity index (χ3n) is 3.22. The monoisotopic (exact) mass is 318 g/mol. The minimum Gasteiger partial charge on any atom is -0.481 e. The maximum absolute atomic E-state index is 12.9. The van der Waals surface area contributed by atoms with E-state index in [1.165, 1.54) is 31.4 Å². The number of hydrogen-bond acceptors (Lipinski definition) is 4. The maximum atomic E-state index is 12.9. The lowest BCUT2D eigenvalue weighted by molar-refractivity contribution is -0.134. The Bertz CT molecular complexity index is 672. The summed E-state index contributed by atoms with van der Waals surface area (Å²) in [5.74, 6) is 0.228. The molecule has 0 saturated heterocycles. The lowest BCUT2D eigenvalue weighted by atomic mass is 10.1. The van der Waals surface area contributed by atoms with Crippen LogP contribution < -0.4 is 14.8 Å². The summed E-state index contributed by atoms with van der Waals surface area (Å²) < 4.78 is 23.7. The number of halogens is 1. The number of nitrogens with one attached hydrogen (secondary N) is 1. The van der Waals surface area contributed by atoms with E-state index >= 15 is 0 Å². The van der Waals surface area contributed by atoms with Crippen LogP contribution in [0.3, 0.4) is 0 Å². The van der Waals surface area contributed by atoms with Crippen molar-refractivity contribution >= 4 is 5.91 Å². The van der Waals surface area contributed by atoms with Crippen molar-refractivity contribution in [2.24, 2.45) is 0 Å². The fourth-order valence-corrected chi connectivity index (χ4v) is 1.97. The van der Waals surface area contributed by atoms with Crippen LogP contribution in [0.15, 0.2) is 42.6 Å². The van der Waals surface area contributed by atoms with Gasteiger partial charge < -0.3 is 14.8 Å². The van der Waals surface area contributed by atoms with Gasteiger partial charge in [-0.3, -0.25) is 4.79 Å². The second-order valence-corrected chi connectivity index (χ2v) is 5.42. The molecule has 1 aromatic heterocycles. The van der Waals surface area contributed by atoms with Crippen molar-refractivity contribution in [1.29, 1.82) is 0 Å². The number of ether oxygens (including phenoxy) is 2. The van der Waals surface area contributed by atoms with Crippen LogP contribution in [0.4, 0.5) is 4.39 Å². The van der Waals surface area contributed by atoms with Crippen LogP contribution in [-0.4, -0.2) is 23.6 Å². The molecule has 0 aliphatic rings. The second-order valence-electron chi connectivity index (χ2n) is 5.42. The first-order chi connectivity index (χ1) is 10.9. The Kier molecular flexibility index (Phi) is 5.16. The molecule has 1 amide bonds. The summed E-state index contributed by atoms with van der Waals surface area (Å²) >= 11 is 0. The fourth-order valence-electron chi connectivity index (χ4n) is 1.97. The second kappa shape index (κ2) is 7.09. The van der Waals surface area contributed by atoms with Crippen molar-refractivity contribution in [2.45, 2.75) is 26.0 Å². The largest absolute Gasteiger partial charge is 0.481 e. The summed E-state index contributed by atoms with van der Waals surface area (Å²) in [5, 5.41) is 2.79. The van der Waals surface area contributed by atoms with Gasteiger partial charge in [0.15, 0.2) is 5.60 Å². The molecule has 0 saturated carbocycles. The highest BCUT2D eigenvalue weighted by Gasteiger charge is 2.29.